The van der Waals surface area contributed by atoms with E-state index in [2.05, 4.69) is 18.6 Å². The maximum absolute atomic E-state index is 12.9. The summed E-state index contributed by atoms with van der Waals surface area (Å²) >= 11 is 0. The van der Waals surface area contributed by atoms with Gasteiger partial charge in [0.15, 0.2) is 0 Å². The highest BCUT2D eigenvalue weighted by atomic mass is 32.2. The van der Waals surface area contributed by atoms with Crippen molar-refractivity contribution in [1.29, 1.82) is 0 Å². The standard InChI is InChI=1S/C21H26N2O3S/c1-15-7-9-20(10-8-15)27(25,26)22-19-6-4-5-18(12-19)21(24)23-13-16(2)11-17(3)14-23/h4-10,12,16-17,22H,11,13-14H2,1-3H3/t16-,17+. The minimum Gasteiger partial charge on any atom is -0.338 e. The minimum atomic E-state index is -3.69. The van der Waals surface area contributed by atoms with Gasteiger partial charge in [-0.15, -0.1) is 0 Å². The fourth-order valence-corrected chi connectivity index (χ4v) is 4.71. The van der Waals surface area contributed by atoms with E-state index in [0.29, 0.717) is 23.1 Å². The predicted molar refractivity (Wildman–Crippen MR) is 107 cm³/mol. The van der Waals surface area contributed by atoms with Gasteiger partial charge >= 0.3 is 0 Å². The molecule has 2 aromatic rings. The first-order valence-electron chi connectivity index (χ1n) is 9.23. The van der Waals surface area contributed by atoms with Crippen molar-refractivity contribution < 1.29 is 13.2 Å². The second-order valence-electron chi connectivity index (χ2n) is 7.66. The quantitative estimate of drug-likeness (QED) is 0.866. The molecule has 0 radical (unpaired) electrons. The third-order valence-corrected chi connectivity index (χ3v) is 6.25. The molecule has 6 heteroatoms. The molecule has 0 aliphatic carbocycles. The first-order chi connectivity index (χ1) is 12.7. The number of piperidine rings is 1. The number of carbonyl (C=O) groups excluding carboxylic acids is 1. The third-order valence-electron chi connectivity index (χ3n) is 4.85. The van der Waals surface area contributed by atoms with Gasteiger partial charge in [0.05, 0.1) is 4.90 Å². The summed E-state index contributed by atoms with van der Waals surface area (Å²) in [6.45, 7) is 7.69. The summed E-state index contributed by atoms with van der Waals surface area (Å²) in [6.07, 6.45) is 1.13. The first-order valence-corrected chi connectivity index (χ1v) is 10.7. The molecule has 0 spiro atoms. The fraction of sp³-hybridized carbons (Fsp3) is 0.381. The number of hydrogen-bond acceptors (Lipinski definition) is 3. The van der Waals surface area contributed by atoms with E-state index in [1.54, 1.807) is 48.5 Å². The lowest BCUT2D eigenvalue weighted by molar-refractivity contribution is 0.0623. The lowest BCUT2D eigenvalue weighted by Gasteiger charge is -2.35. The summed E-state index contributed by atoms with van der Waals surface area (Å²) in [7, 11) is -3.69. The van der Waals surface area contributed by atoms with Crippen LogP contribution in [0.2, 0.25) is 0 Å². The van der Waals surface area contributed by atoms with Crippen LogP contribution in [0.25, 0.3) is 0 Å². The molecule has 1 fully saturated rings. The van der Waals surface area contributed by atoms with Crippen molar-refractivity contribution in [3.63, 3.8) is 0 Å². The molecule has 2 aromatic carbocycles. The number of likely N-dealkylation sites (tertiary alicyclic amines) is 1. The van der Waals surface area contributed by atoms with Gasteiger partial charge in [0.2, 0.25) is 0 Å². The molecule has 1 N–H and O–H groups in total. The van der Waals surface area contributed by atoms with Gasteiger partial charge in [0.25, 0.3) is 15.9 Å². The number of carbonyl (C=O) groups is 1. The molecular formula is C21H26N2O3S. The number of amides is 1. The summed E-state index contributed by atoms with van der Waals surface area (Å²) in [4.78, 5) is 14.9. The summed E-state index contributed by atoms with van der Waals surface area (Å²) in [5.41, 5.74) is 1.88. The Morgan fingerprint density at radius 2 is 1.67 bits per heavy atom. The van der Waals surface area contributed by atoms with Gasteiger partial charge in [0.1, 0.15) is 0 Å². The SMILES string of the molecule is Cc1ccc(S(=O)(=O)Nc2cccc(C(=O)N3C[C@H](C)C[C@H](C)C3)c2)cc1. The molecular weight excluding hydrogens is 360 g/mol. The van der Waals surface area contributed by atoms with Crippen LogP contribution in [0.3, 0.4) is 0 Å². The minimum absolute atomic E-state index is 0.0511. The second kappa shape index (κ2) is 7.72. The summed E-state index contributed by atoms with van der Waals surface area (Å²) in [5.74, 6) is 0.895. The van der Waals surface area contributed by atoms with Crippen molar-refractivity contribution in [2.75, 3.05) is 17.8 Å². The number of anilines is 1. The molecule has 1 aliphatic rings. The van der Waals surface area contributed by atoms with E-state index in [-0.39, 0.29) is 10.8 Å². The van der Waals surface area contributed by atoms with Gasteiger partial charge < -0.3 is 4.90 Å². The Labute approximate surface area is 161 Å². The van der Waals surface area contributed by atoms with Crippen LogP contribution in [0.5, 0.6) is 0 Å². The van der Waals surface area contributed by atoms with Crippen molar-refractivity contribution in [2.24, 2.45) is 11.8 Å². The molecule has 144 valence electrons. The summed E-state index contributed by atoms with van der Waals surface area (Å²) in [5, 5.41) is 0. The number of aryl methyl sites for hydroxylation is 1. The van der Waals surface area contributed by atoms with Crippen molar-refractivity contribution in [1.82, 2.24) is 4.90 Å². The largest absolute Gasteiger partial charge is 0.338 e. The highest BCUT2D eigenvalue weighted by Gasteiger charge is 2.26. The molecule has 2 atom stereocenters. The van der Waals surface area contributed by atoms with E-state index >= 15 is 0 Å². The molecule has 0 bridgehead atoms. The van der Waals surface area contributed by atoms with Crippen molar-refractivity contribution in [3.05, 3.63) is 59.7 Å². The molecule has 1 amide bonds. The maximum atomic E-state index is 12.9. The van der Waals surface area contributed by atoms with E-state index in [9.17, 15) is 13.2 Å². The smallest absolute Gasteiger partial charge is 0.261 e. The molecule has 5 nitrogen and oxygen atoms in total. The highest BCUT2D eigenvalue weighted by molar-refractivity contribution is 7.92. The molecule has 1 saturated heterocycles. The van der Waals surface area contributed by atoms with Crippen LogP contribution in [0.4, 0.5) is 5.69 Å². The van der Waals surface area contributed by atoms with Crippen LogP contribution in [0.1, 0.15) is 36.2 Å². The van der Waals surface area contributed by atoms with Gasteiger partial charge in [-0.1, -0.05) is 37.6 Å². The van der Waals surface area contributed by atoms with E-state index in [1.165, 1.54) is 0 Å². The number of sulfonamides is 1. The van der Waals surface area contributed by atoms with Gasteiger partial charge in [0, 0.05) is 24.3 Å². The normalized spacial score (nSPS) is 20.3. The summed E-state index contributed by atoms with van der Waals surface area (Å²) < 4.78 is 27.7. The molecule has 1 heterocycles. The second-order valence-corrected chi connectivity index (χ2v) is 9.34. The number of nitrogens with zero attached hydrogens (tertiary/aromatic N) is 1. The predicted octanol–water partition coefficient (Wildman–Crippen LogP) is 3.91. The van der Waals surface area contributed by atoms with Crippen LogP contribution in [-0.4, -0.2) is 32.3 Å². The highest BCUT2D eigenvalue weighted by Crippen LogP contribution is 2.24. The van der Waals surface area contributed by atoms with Crippen LogP contribution in [0, 0.1) is 18.8 Å². The Morgan fingerprint density at radius 3 is 2.30 bits per heavy atom. The Morgan fingerprint density at radius 1 is 1.04 bits per heavy atom. The number of hydrogen-bond donors (Lipinski definition) is 1. The molecule has 0 aromatic heterocycles. The third kappa shape index (κ3) is 4.69. The van der Waals surface area contributed by atoms with Gasteiger partial charge in [-0.05, 0) is 55.5 Å². The molecule has 3 rings (SSSR count). The fourth-order valence-electron chi connectivity index (χ4n) is 3.66. The van der Waals surface area contributed by atoms with E-state index in [1.807, 2.05) is 11.8 Å². The number of benzene rings is 2. The van der Waals surface area contributed by atoms with Crippen LogP contribution in [-0.2, 0) is 10.0 Å². The Kier molecular flexibility index (Phi) is 5.56. The Balaban J connectivity index is 1.79. The zero-order valence-corrected chi connectivity index (χ0v) is 16.8. The van der Waals surface area contributed by atoms with Crippen molar-refractivity contribution >= 4 is 21.6 Å². The molecule has 0 saturated carbocycles. The molecule has 1 aliphatic heterocycles. The lowest BCUT2D eigenvalue weighted by Crippen LogP contribution is -2.42. The van der Waals surface area contributed by atoms with Gasteiger partial charge in [-0.2, -0.15) is 0 Å². The Bertz CT molecular complexity index is 913. The maximum Gasteiger partial charge on any atom is 0.261 e. The zero-order chi connectivity index (χ0) is 19.6. The monoisotopic (exact) mass is 386 g/mol. The first kappa shape index (κ1) is 19.4. The topological polar surface area (TPSA) is 66.5 Å². The van der Waals surface area contributed by atoms with Crippen molar-refractivity contribution in [3.8, 4) is 0 Å². The number of nitrogens with one attached hydrogen (secondary N) is 1. The van der Waals surface area contributed by atoms with Gasteiger partial charge in [-0.3, -0.25) is 9.52 Å². The average Bonchev–Trinajstić information content (AvgIpc) is 2.60. The lowest BCUT2D eigenvalue weighted by atomic mass is 9.91. The van der Waals surface area contributed by atoms with Crippen LogP contribution >= 0.6 is 0 Å². The average molecular weight is 387 g/mol. The number of rotatable bonds is 4. The molecule has 27 heavy (non-hydrogen) atoms. The van der Waals surface area contributed by atoms with Crippen molar-refractivity contribution in [2.45, 2.75) is 32.1 Å². The van der Waals surface area contributed by atoms with Crippen LogP contribution in [0.15, 0.2) is 53.4 Å². The molecule has 0 unspecified atom stereocenters. The Hall–Kier alpha value is -2.34. The van der Waals surface area contributed by atoms with E-state index < -0.39 is 10.0 Å². The van der Waals surface area contributed by atoms with E-state index in [4.69, 9.17) is 0 Å². The van der Waals surface area contributed by atoms with E-state index in [0.717, 1.165) is 25.1 Å². The van der Waals surface area contributed by atoms with Crippen LogP contribution < -0.4 is 4.72 Å². The summed E-state index contributed by atoms with van der Waals surface area (Å²) in [6, 6.07) is 13.4. The zero-order valence-electron chi connectivity index (χ0n) is 16.0. The van der Waals surface area contributed by atoms with Gasteiger partial charge in [-0.25, -0.2) is 8.42 Å².